The number of aryl methyl sites for hydroxylation is 2. The number of carbonyl (C=O) groups is 1. The molecule has 0 spiro atoms. The smallest absolute Gasteiger partial charge is 0.303 e. The van der Waals surface area contributed by atoms with Gasteiger partial charge in [-0.15, -0.1) is 0 Å². The van der Waals surface area contributed by atoms with E-state index in [1.54, 1.807) is 18.5 Å². The second kappa shape index (κ2) is 9.65. The minimum atomic E-state index is -0.797. The number of hydrogen-bond donors (Lipinski definition) is 3. The predicted molar refractivity (Wildman–Crippen MR) is 99.4 cm³/mol. The SMILES string of the molecule is Cc1ncc([C@@H](CCCCCCc2cc(N)nc(N)n2)CC(=O)O)cn1. The average molecular weight is 358 g/mol. The molecule has 1 atom stereocenters. The van der Waals surface area contributed by atoms with E-state index in [1.165, 1.54) is 0 Å². The van der Waals surface area contributed by atoms with Gasteiger partial charge in [0, 0.05) is 24.2 Å². The second-order valence-corrected chi connectivity index (χ2v) is 6.45. The third-order valence-corrected chi connectivity index (χ3v) is 4.25. The molecule has 0 bridgehead atoms. The van der Waals surface area contributed by atoms with Crippen molar-refractivity contribution in [3.05, 3.63) is 35.5 Å². The molecule has 0 saturated carbocycles. The molecule has 2 aromatic rings. The minimum Gasteiger partial charge on any atom is -0.481 e. The number of hydrogen-bond acceptors (Lipinski definition) is 7. The highest BCUT2D eigenvalue weighted by Crippen LogP contribution is 2.25. The monoisotopic (exact) mass is 358 g/mol. The number of aliphatic carboxylic acids is 1. The van der Waals surface area contributed by atoms with Crippen molar-refractivity contribution in [2.75, 3.05) is 11.5 Å². The summed E-state index contributed by atoms with van der Waals surface area (Å²) >= 11 is 0. The minimum absolute atomic E-state index is 0.0467. The molecular formula is C18H26N6O2. The number of anilines is 2. The van der Waals surface area contributed by atoms with Crippen molar-refractivity contribution in [1.29, 1.82) is 0 Å². The Morgan fingerprint density at radius 3 is 2.46 bits per heavy atom. The lowest BCUT2D eigenvalue weighted by Crippen LogP contribution is -2.08. The molecule has 5 N–H and O–H groups in total. The summed E-state index contributed by atoms with van der Waals surface area (Å²) in [5.41, 5.74) is 13.0. The maximum Gasteiger partial charge on any atom is 0.303 e. The Kier molecular flexibility index (Phi) is 7.25. The van der Waals surface area contributed by atoms with Gasteiger partial charge in [-0.3, -0.25) is 4.79 Å². The maximum absolute atomic E-state index is 11.1. The quantitative estimate of drug-likeness (QED) is 0.550. The van der Waals surface area contributed by atoms with E-state index in [0.29, 0.717) is 11.6 Å². The lowest BCUT2D eigenvalue weighted by atomic mass is 9.92. The fourth-order valence-corrected chi connectivity index (χ4v) is 2.93. The number of nitrogens with zero attached hydrogens (tertiary/aromatic N) is 4. The number of nitrogen functional groups attached to an aromatic ring is 2. The Bertz CT molecular complexity index is 700. The highest BCUT2D eigenvalue weighted by molar-refractivity contribution is 5.68. The molecule has 26 heavy (non-hydrogen) atoms. The van der Waals surface area contributed by atoms with Crippen molar-refractivity contribution in [2.45, 2.75) is 57.8 Å². The molecule has 0 aliphatic carbocycles. The van der Waals surface area contributed by atoms with Crippen LogP contribution in [0.1, 0.15) is 61.5 Å². The zero-order chi connectivity index (χ0) is 18.9. The lowest BCUT2D eigenvalue weighted by Gasteiger charge is -2.14. The Labute approximate surface area is 153 Å². The van der Waals surface area contributed by atoms with Crippen molar-refractivity contribution in [3.63, 3.8) is 0 Å². The van der Waals surface area contributed by atoms with Crippen LogP contribution in [0.4, 0.5) is 11.8 Å². The van der Waals surface area contributed by atoms with Gasteiger partial charge in [-0.25, -0.2) is 15.0 Å². The third-order valence-electron chi connectivity index (χ3n) is 4.25. The van der Waals surface area contributed by atoms with Crippen molar-refractivity contribution < 1.29 is 9.90 Å². The van der Waals surface area contributed by atoms with Crippen LogP contribution in [0.2, 0.25) is 0 Å². The van der Waals surface area contributed by atoms with Gasteiger partial charge in [0.25, 0.3) is 0 Å². The number of unbranched alkanes of at least 4 members (excludes halogenated alkanes) is 3. The van der Waals surface area contributed by atoms with Gasteiger partial charge in [0.15, 0.2) is 0 Å². The molecule has 0 aliphatic heterocycles. The molecule has 0 unspecified atom stereocenters. The molecule has 0 amide bonds. The zero-order valence-electron chi connectivity index (χ0n) is 15.1. The summed E-state index contributed by atoms with van der Waals surface area (Å²) in [7, 11) is 0. The molecular weight excluding hydrogens is 332 g/mol. The molecule has 140 valence electrons. The molecule has 0 fully saturated rings. The summed E-state index contributed by atoms with van der Waals surface area (Å²) < 4.78 is 0. The van der Waals surface area contributed by atoms with Gasteiger partial charge in [0.1, 0.15) is 11.6 Å². The van der Waals surface area contributed by atoms with Gasteiger partial charge in [0.05, 0.1) is 6.42 Å². The molecule has 8 nitrogen and oxygen atoms in total. The summed E-state index contributed by atoms with van der Waals surface area (Å²) in [4.78, 5) is 27.5. The van der Waals surface area contributed by atoms with Crippen molar-refractivity contribution in [1.82, 2.24) is 19.9 Å². The second-order valence-electron chi connectivity index (χ2n) is 6.45. The van der Waals surface area contributed by atoms with Gasteiger partial charge in [0.2, 0.25) is 5.95 Å². The first-order chi connectivity index (χ1) is 12.4. The van der Waals surface area contributed by atoms with Crippen LogP contribution < -0.4 is 11.5 Å². The van der Waals surface area contributed by atoms with E-state index in [2.05, 4.69) is 19.9 Å². The molecule has 8 heteroatoms. The van der Waals surface area contributed by atoms with Gasteiger partial charge in [-0.05, 0) is 37.7 Å². The van der Waals surface area contributed by atoms with E-state index in [4.69, 9.17) is 16.6 Å². The topological polar surface area (TPSA) is 141 Å². The normalized spacial score (nSPS) is 12.0. The van der Waals surface area contributed by atoms with E-state index >= 15 is 0 Å². The van der Waals surface area contributed by atoms with Gasteiger partial charge in [-0.1, -0.05) is 19.3 Å². The number of rotatable bonds is 10. The van der Waals surface area contributed by atoms with Crippen LogP contribution in [-0.2, 0) is 11.2 Å². The van der Waals surface area contributed by atoms with E-state index in [1.807, 2.05) is 6.92 Å². The molecule has 0 aromatic carbocycles. The van der Waals surface area contributed by atoms with Crippen LogP contribution in [0.5, 0.6) is 0 Å². The highest BCUT2D eigenvalue weighted by atomic mass is 16.4. The predicted octanol–water partition coefficient (Wildman–Crippen LogP) is 2.49. The molecule has 0 saturated heterocycles. The third kappa shape index (κ3) is 6.62. The van der Waals surface area contributed by atoms with E-state index in [9.17, 15) is 4.79 Å². The Morgan fingerprint density at radius 1 is 1.12 bits per heavy atom. The number of carboxylic acid groups (broad SMARTS) is 1. The Morgan fingerprint density at radius 2 is 1.81 bits per heavy atom. The molecule has 0 aliphatic rings. The number of carboxylic acids is 1. The van der Waals surface area contributed by atoms with E-state index in [0.717, 1.165) is 49.8 Å². The van der Waals surface area contributed by atoms with Gasteiger partial charge < -0.3 is 16.6 Å². The summed E-state index contributed by atoms with van der Waals surface area (Å²) in [5.74, 6) is 0.444. The van der Waals surface area contributed by atoms with Gasteiger partial charge >= 0.3 is 5.97 Å². The molecule has 2 aromatic heterocycles. The first-order valence-corrected chi connectivity index (χ1v) is 8.83. The average Bonchev–Trinajstić information content (AvgIpc) is 2.56. The summed E-state index contributed by atoms with van der Waals surface area (Å²) in [6.07, 6.45) is 9.19. The maximum atomic E-state index is 11.1. The number of aromatic nitrogens is 4. The summed E-state index contributed by atoms with van der Waals surface area (Å²) in [6.45, 7) is 1.81. The lowest BCUT2D eigenvalue weighted by molar-refractivity contribution is -0.137. The van der Waals surface area contributed by atoms with Crippen LogP contribution >= 0.6 is 0 Å². The molecule has 0 radical (unpaired) electrons. The fourth-order valence-electron chi connectivity index (χ4n) is 2.93. The van der Waals surface area contributed by atoms with Crippen molar-refractivity contribution in [3.8, 4) is 0 Å². The van der Waals surface area contributed by atoms with Crippen molar-refractivity contribution in [2.24, 2.45) is 0 Å². The van der Waals surface area contributed by atoms with Crippen molar-refractivity contribution >= 4 is 17.7 Å². The Balaban J connectivity index is 1.75. The fraction of sp³-hybridized carbons (Fsp3) is 0.500. The largest absolute Gasteiger partial charge is 0.481 e. The van der Waals surface area contributed by atoms with Crippen LogP contribution in [0, 0.1) is 6.92 Å². The zero-order valence-corrected chi connectivity index (χ0v) is 15.1. The van der Waals surface area contributed by atoms with E-state index < -0.39 is 5.97 Å². The van der Waals surface area contributed by atoms with Crippen LogP contribution in [0.3, 0.4) is 0 Å². The highest BCUT2D eigenvalue weighted by Gasteiger charge is 2.16. The molecule has 2 rings (SSSR count). The first-order valence-electron chi connectivity index (χ1n) is 8.83. The van der Waals surface area contributed by atoms with Crippen LogP contribution in [0.25, 0.3) is 0 Å². The van der Waals surface area contributed by atoms with E-state index in [-0.39, 0.29) is 18.3 Å². The van der Waals surface area contributed by atoms with Crippen LogP contribution in [0.15, 0.2) is 18.5 Å². The standard InChI is InChI=1S/C18H26N6O2/c1-12-21-10-14(11-22-12)13(8-17(25)26)6-4-2-3-5-7-15-9-16(19)24-18(20)23-15/h9-11,13H,2-8H2,1H3,(H,25,26)(H4,19,20,23,24)/t13-/m0/s1. The first kappa shape index (κ1) is 19.6. The van der Waals surface area contributed by atoms with Crippen LogP contribution in [-0.4, -0.2) is 31.0 Å². The Hall–Kier alpha value is -2.77. The summed E-state index contributed by atoms with van der Waals surface area (Å²) in [6, 6.07) is 1.75. The summed E-state index contributed by atoms with van der Waals surface area (Å²) in [5, 5.41) is 9.14. The van der Waals surface area contributed by atoms with Gasteiger partial charge in [-0.2, -0.15) is 4.98 Å². The molecule has 2 heterocycles. The number of nitrogens with two attached hydrogens (primary N) is 2.